The molecule has 146 valence electrons. The van der Waals surface area contributed by atoms with Crippen molar-refractivity contribution in [1.29, 1.82) is 0 Å². The van der Waals surface area contributed by atoms with Gasteiger partial charge in [-0.15, -0.1) is 11.3 Å². The standard InChI is InChI=1S/C19H27N5O2S/c1-14-21-16(13-27-14)19(25)24-8-9-26-17(12-23-6-4-3-5-7-23)18(24)15-10-20-22(2)11-15/h10-11,13,17-18H,3-9,12H2,1-2H3/t17-,18-/m0/s1. The van der Waals surface area contributed by atoms with Crippen LogP contribution in [0.1, 0.15) is 46.4 Å². The SMILES string of the molecule is Cc1nc(C(=O)N2CCO[C@@H](CN3CCCCC3)[C@@H]2c2cnn(C)c2)cs1. The summed E-state index contributed by atoms with van der Waals surface area (Å²) in [5, 5.41) is 7.11. The summed E-state index contributed by atoms with van der Waals surface area (Å²) in [4.78, 5) is 22.0. The molecule has 0 N–H and O–H groups in total. The zero-order valence-corrected chi connectivity index (χ0v) is 16.8. The first-order chi connectivity index (χ1) is 13.1. The molecule has 0 aromatic carbocycles. The van der Waals surface area contributed by atoms with E-state index in [0.717, 1.165) is 30.2 Å². The van der Waals surface area contributed by atoms with Crippen LogP contribution in [0.4, 0.5) is 0 Å². The van der Waals surface area contributed by atoms with E-state index in [-0.39, 0.29) is 18.1 Å². The van der Waals surface area contributed by atoms with E-state index in [1.165, 1.54) is 30.6 Å². The third-order valence-corrected chi connectivity index (χ3v) is 6.18. The molecule has 27 heavy (non-hydrogen) atoms. The van der Waals surface area contributed by atoms with E-state index >= 15 is 0 Å². The predicted octanol–water partition coefficient (Wildman–Crippen LogP) is 2.25. The van der Waals surface area contributed by atoms with Gasteiger partial charge in [0, 0.05) is 37.3 Å². The molecule has 0 bridgehead atoms. The van der Waals surface area contributed by atoms with Gasteiger partial charge in [-0.1, -0.05) is 6.42 Å². The van der Waals surface area contributed by atoms with E-state index in [9.17, 15) is 4.79 Å². The Morgan fingerprint density at radius 1 is 1.30 bits per heavy atom. The lowest BCUT2D eigenvalue weighted by molar-refractivity contribution is -0.0742. The maximum atomic E-state index is 13.2. The van der Waals surface area contributed by atoms with Gasteiger partial charge in [0.2, 0.25) is 0 Å². The lowest BCUT2D eigenvalue weighted by Gasteiger charge is -2.43. The summed E-state index contributed by atoms with van der Waals surface area (Å²) in [5.41, 5.74) is 1.56. The number of carbonyl (C=O) groups is 1. The number of rotatable bonds is 4. The summed E-state index contributed by atoms with van der Waals surface area (Å²) in [5.74, 6) is -0.0138. The van der Waals surface area contributed by atoms with Crippen LogP contribution in [0.25, 0.3) is 0 Å². The number of thiazole rings is 1. The number of carbonyl (C=O) groups excluding carboxylic acids is 1. The van der Waals surface area contributed by atoms with Crippen molar-refractivity contribution in [2.24, 2.45) is 7.05 Å². The van der Waals surface area contributed by atoms with Crippen LogP contribution in [0.3, 0.4) is 0 Å². The monoisotopic (exact) mass is 389 g/mol. The number of amides is 1. The van der Waals surface area contributed by atoms with E-state index in [1.807, 2.05) is 36.6 Å². The Morgan fingerprint density at radius 3 is 2.78 bits per heavy atom. The van der Waals surface area contributed by atoms with Gasteiger partial charge >= 0.3 is 0 Å². The molecule has 4 heterocycles. The molecular formula is C19H27N5O2S. The number of piperidine rings is 1. The first-order valence-corrected chi connectivity index (χ1v) is 10.6. The highest BCUT2D eigenvalue weighted by Gasteiger charge is 2.39. The van der Waals surface area contributed by atoms with Crippen LogP contribution in [-0.2, 0) is 11.8 Å². The van der Waals surface area contributed by atoms with E-state index in [0.29, 0.717) is 18.8 Å². The van der Waals surface area contributed by atoms with Crippen LogP contribution in [0.5, 0.6) is 0 Å². The zero-order valence-electron chi connectivity index (χ0n) is 16.0. The second-order valence-electron chi connectivity index (χ2n) is 7.41. The van der Waals surface area contributed by atoms with Crippen molar-refractivity contribution in [2.45, 2.75) is 38.3 Å². The smallest absolute Gasteiger partial charge is 0.274 e. The Balaban J connectivity index is 1.61. The highest BCUT2D eigenvalue weighted by molar-refractivity contribution is 7.09. The van der Waals surface area contributed by atoms with Crippen molar-refractivity contribution in [2.75, 3.05) is 32.8 Å². The number of aromatic nitrogens is 3. The number of ether oxygens (including phenoxy) is 1. The summed E-state index contributed by atoms with van der Waals surface area (Å²) >= 11 is 1.51. The van der Waals surface area contributed by atoms with Gasteiger partial charge in [0.25, 0.3) is 5.91 Å². The van der Waals surface area contributed by atoms with Gasteiger partial charge in [-0.25, -0.2) is 4.98 Å². The van der Waals surface area contributed by atoms with Crippen LogP contribution < -0.4 is 0 Å². The van der Waals surface area contributed by atoms with Crippen LogP contribution in [-0.4, -0.2) is 69.4 Å². The number of nitrogens with zero attached hydrogens (tertiary/aromatic N) is 5. The number of likely N-dealkylation sites (tertiary alicyclic amines) is 1. The van der Waals surface area contributed by atoms with Crippen LogP contribution in [0.15, 0.2) is 17.8 Å². The molecule has 0 unspecified atom stereocenters. The van der Waals surface area contributed by atoms with Crippen molar-refractivity contribution in [3.05, 3.63) is 34.0 Å². The summed E-state index contributed by atoms with van der Waals surface area (Å²) in [6.07, 6.45) is 7.59. The molecule has 2 aromatic heterocycles. The minimum Gasteiger partial charge on any atom is -0.373 e. The molecule has 2 atom stereocenters. The Bertz CT molecular complexity index is 783. The molecule has 1 amide bonds. The highest BCUT2D eigenvalue weighted by Crippen LogP contribution is 2.32. The summed E-state index contributed by atoms with van der Waals surface area (Å²) in [6.45, 7) is 6.13. The quantitative estimate of drug-likeness (QED) is 0.803. The molecule has 0 radical (unpaired) electrons. The largest absolute Gasteiger partial charge is 0.373 e. The lowest BCUT2D eigenvalue weighted by Crippen LogP contribution is -2.52. The van der Waals surface area contributed by atoms with Crippen molar-refractivity contribution >= 4 is 17.2 Å². The van der Waals surface area contributed by atoms with Gasteiger partial charge in [0.15, 0.2) is 0 Å². The Hall–Kier alpha value is -1.77. The normalized spacial score (nSPS) is 24.3. The summed E-state index contributed by atoms with van der Waals surface area (Å²) < 4.78 is 7.98. The van der Waals surface area contributed by atoms with Gasteiger partial charge in [-0.2, -0.15) is 5.10 Å². The molecule has 2 aliphatic heterocycles. The second kappa shape index (κ2) is 8.08. The van der Waals surface area contributed by atoms with Crippen LogP contribution in [0.2, 0.25) is 0 Å². The Morgan fingerprint density at radius 2 is 2.11 bits per heavy atom. The van der Waals surface area contributed by atoms with Gasteiger partial charge in [-0.3, -0.25) is 9.48 Å². The molecule has 0 saturated carbocycles. The van der Waals surface area contributed by atoms with Gasteiger partial charge in [0.05, 0.1) is 30.0 Å². The summed E-state index contributed by atoms with van der Waals surface area (Å²) in [6, 6.07) is -0.135. The topological polar surface area (TPSA) is 63.5 Å². The molecule has 2 saturated heterocycles. The molecule has 7 nitrogen and oxygen atoms in total. The second-order valence-corrected chi connectivity index (χ2v) is 8.48. The average molecular weight is 390 g/mol. The molecule has 0 spiro atoms. The molecular weight excluding hydrogens is 362 g/mol. The molecule has 0 aliphatic carbocycles. The zero-order chi connectivity index (χ0) is 18.8. The fourth-order valence-electron chi connectivity index (χ4n) is 4.11. The average Bonchev–Trinajstić information content (AvgIpc) is 3.30. The maximum Gasteiger partial charge on any atom is 0.274 e. The number of hydrogen-bond acceptors (Lipinski definition) is 6. The van der Waals surface area contributed by atoms with E-state index < -0.39 is 0 Å². The van der Waals surface area contributed by atoms with Crippen LogP contribution in [0, 0.1) is 6.92 Å². The molecule has 2 aliphatic rings. The molecule has 4 rings (SSSR count). The number of aryl methyl sites for hydroxylation is 2. The van der Waals surface area contributed by atoms with E-state index in [1.54, 1.807) is 4.68 Å². The van der Waals surface area contributed by atoms with Gasteiger partial charge in [0.1, 0.15) is 5.69 Å². The molecule has 2 fully saturated rings. The Labute approximate surface area is 163 Å². The highest BCUT2D eigenvalue weighted by atomic mass is 32.1. The third-order valence-electron chi connectivity index (χ3n) is 5.40. The maximum absolute atomic E-state index is 13.2. The minimum atomic E-state index is -0.135. The molecule has 2 aromatic rings. The fraction of sp³-hybridized carbons (Fsp3) is 0.632. The Kier molecular flexibility index (Phi) is 5.56. The van der Waals surface area contributed by atoms with E-state index in [4.69, 9.17) is 4.74 Å². The van der Waals surface area contributed by atoms with Crippen LogP contribution >= 0.6 is 11.3 Å². The molecule has 8 heteroatoms. The van der Waals surface area contributed by atoms with Crippen molar-refractivity contribution in [3.8, 4) is 0 Å². The number of hydrogen-bond donors (Lipinski definition) is 0. The summed E-state index contributed by atoms with van der Waals surface area (Å²) in [7, 11) is 1.91. The van der Waals surface area contributed by atoms with Gasteiger partial charge in [-0.05, 0) is 32.9 Å². The predicted molar refractivity (Wildman–Crippen MR) is 104 cm³/mol. The first-order valence-electron chi connectivity index (χ1n) is 9.67. The lowest BCUT2D eigenvalue weighted by atomic mass is 9.99. The fourth-order valence-corrected chi connectivity index (χ4v) is 4.69. The minimum absolute atomic E-state index is 0.0138. The van der Waals surface area contributed by atoms with Crippen molar-refractivity contribution in [1.82, 2.24) is 24.6 Å². The van der Waals surface area contributed by atoms with Crippen molar-refractivity contribution in [3.63, 3.8) is 0 Å². The first kappa shape index (κ1) is 18.6. The van der Waals surface area contributed by atoms with Crippen molar-refractivity contribution < 1.29 is 9.53 Å². The van der Waals surface area contributed by atoms with E-state index in [2.05, 4.69) is 15.0 Å². The number of morpholine rings is 1. The third kappa shape index (κ3) is 4.07. The van der Waals surface area contributed by atoms with Gasteiger partial charge < -0.3 is 14.5 Å².